The molecule has 39 heavy (non-hydrogen) atoms. The zero-order chi connectivity index (χ0) is 26.8. The van der Waals surface area contributed by atoms with Crippen LogP contribution in [-0.4, -0.2) is 49.7 Å². The maximum Gasteiger partial charge on any atom is 0.157 e. The molecule has 1 atom stereocenters. The zero-order valence-electron chi connectivity index (χ0n) is 22.3. The predicted molar refractivity (Wildman–Crippen MR) is 150 cm³/mol. The van der Waals surface area contributed by atoms with Crippen molar-refractivity contribution in [3.8, 4) is 16.9 Å². The van der Waals surface area contributed by atoms with Gasteiger partial charge in [-0.2, -0.15) is 5.10 Å². The van der Waals surface area contributed by atoms with E-state index in [2.05, 4.69) is 20.3 Å². The molecular weight excluding hydrogens is 516 g/mol. The summed E-state index contributed by atoms with van der Waals surface area (Å²) in [5.41, 5.74) is 3.65. The number of fused-ring (bicyclic) bond motifs is 1. The molecule has 2 aliphatic rings. The Kier molecular flexibility index (Phi) is 7.63. The van der Waals surface area contributed by atoms with E-state index in [4.69, 9.17) is 30.9 Å². The highest BCUT2D eigenvalue weighted by atomic mass is 35.5. The van der Waals surface area contributed by atoms with E-state index in [0.717, 1.165) is 67.5 Å². The number of hydrogen-bond acceptors (Lipinski definition) is 8. The van der Waals surface area contributed by atoms with Crippen LogP contribution in [0.3, 0.4) is 0 Å². The van der Waals surface area contributed by atoms with E-state index in [1.54, 1.807) is 6.20 Å². The van der Waals surface area contributed by atoms with E-state index in [1.165, 1.54) is 6.42 Å². The first-order chi connectivity index (χ1) is 19.0. The summed E-state index contributed by atoms with van der Waals surface area (Å²) in [5, 5.41) is 8.43. The summed E-state index contributed by atoms with van der Waals surface area (Å²) in [6, 6.07) is 9.77. The van der Waals surface area contributed by atoms with Crippen LogP contribution < -0.4 is 10.1 Å². The molecule has 1 saturated heterocycles. The quantitative estimate of drug-likeness (QED) is 0.264. The van der Waals surface area contributed by atoms with Crippen molar-refractivity contribution in [2.24, 2.45) is 0 Å². The van der Waals surface area contributed by atoms with Crippen LogP contribution in [0.2, 0.25) is 5.15 Å². The molecular formula is C29H33ClN6O3. The van der Waals surface area contributed by atoms with E-state index < -0.39 is 0 Å². The van der Waals surface area contributed by atoms with Gasteiger partial charge >= 0.3 is 0 Å². The minimum Gasteiger partial charge on any atom is -0.488 e. The summed E-state index contributed by atoms with van der Waals surface area (Å²) in [5.74, 6) is 2.81. The van der Waals surface area contributed by atoms with Gasteiger partial charge in [-0.25, -0.2) is 19.5 Å². The molecule has 5 heterocycles. The molecule has 9 nitrogen and oxygen atoms in total. The fourth-order valence-corrected chi connectivity index (χ4v) is 5.59. The molecule has 0 spiro atoms. The van der Waals surface area contributed by atoms with Gasteiger partial charge in [-0.1, -0.05) is 17.7 Å². The van der Waals surface area contributed by atoms with E-state index in [9.17, 15) is 0 Å². The second kappa shape index (κ2) is 11.5. The standard InChI is InChI=1S/C29H33ClN6O3/c1-18-14-27(33-19(2)32-18)34-28-16-24-22(6-5-12-36(24)35-28)23-15-26(30)31-17-25(23)38-20-8-10-21(11-9-20)39-29-7-3-4-13-37-29/h5-6,12,14-17,20-21,29H,3-4,7-11,13H2,1-2H3,(H,32,33,34,35). The average molecular weight is 549 g/mol. The van der Waals surface area contributed by atoms with Gasteiger partial charge in [0.15, 0.2) is 12.1 Å². The molecule has 1 unspecified atom stereocenters. The third-order valence-corrected chi connectivity index (χ3v) is 7.45. The van der Waals surface area contributed by atoms with Gasteiger partial charge in [-0.15, -0.1) is 0 Å². The van der Waals surface area contributed by atoms with Crippen molar-refractivity contribution >= 4 is 28.8 Å². The molecule has 4 aromatic heterocycles. The highest BCUT2D eigenvalue weighted by Gasteiger charge is 2.27. The lowest BCUT2D eigenvalue weighted by Crippen LogP contribution is -2.33. The fourth-order valence-electron chi connectivity index (χ4n) is 5.44. The SMILES string of the molecule is Cc1cc(Nc2cc3c(-c4cc(Cl)ncc4OC4CCC(OC5CCCCO5)CC4)cccn3n2)nc(C)n1. The highest BCUT2D eigenvalue weighted by Crippen LogP contribution is 2.37. The first-order valence-electron chi connectivity index (χ1n) is 13.7. The summed E-state index contributed by atoms with van der Waals surface area (Å²) in [6.07, 6.45) is 11.0. The predicted octanol–water partition coefficient (Wildman–Crippen LogP) is 6.43. The maximum absolute atomic E-state index is 6.54. The molecule has 0 aromatic carbocycles. The second-order valence-corrected chi connectivity index (χ2v) is 10.7. The Morgan fingerprint density at radius 2 is 1.82 bits per heavy atom. The molecule has 1 saturated carbocycles. The summed E-state index contributed by atoms with van der Waals surface area (Å²) in [6.45, 7) is 4.62. The van der Waals surface area contributed by atoms with Gasteiger partial charge in [0.2, 0.25) is 0 Å². The molecule has 1 N–H and O–H groups in total. The van der Waals surface area contributed by atoms with Gasteiger partial charge in [-0.05, 0) is 70.9 Å². The van der Waals surface area contributed by atoms with Crippen LogP contribution in [0, 0.1) is 13.8 Å². The number of nitrogens with zero attached hydrogens (tertiary/aromatic N) is 5. The lowest BCUT2D eigenvalue weighted by Gasteiger charge is -2.33. The van der Waals surface area contributed by atoms with Crippen LogP contribution in [0.15, 0.2) is 42.7 Å². The Hall–Kier alpha value is -3.27. The molecule has 4 aromatic rings. The van der Waals surface area contributed by atoms with Crippen molar-refractivity contribution in [2.45, 2.75) is 77.3 Å². The summed E-state index contributed by atoms with van der Waals surface area (Å²) in [4.78, 5) is 13.2. The second-order valence-electron chi connectivity index (χ2n) is 10.3. The first-order valence-corrected chi connectivity index (χ1v) is 14.1. The molecule has 2 fully saturated rings. The number of nitrogens with one attached hydrogen (secondary N) is 1. The van der Waals surface area contributed by atoms with Gasteiger partial charge in [0.25, 0.3) is 0 Å². The minimum absolute atomic E-state index is 0.0498. The zero-order valence-corrected chi connectivity index (χ0v) is 23.0. The van der Waals surface area contributed by atoms with Crippen molar-refractivity contribution in [1.82, 2.24) is 24.6 Å². The third kappa shape index (κ3) is 6.16. The number of anilines is 2. The van der Waals surface area contributed by atoms with Gasteiger partial charge < -0.3 is 19.5 Å². The monoisotopic (exact) mass is 548 g/mol. The lowest BCUT2D eigenvalue weighted by molar-refractivity contribution is -0.195. The Morgan fingerprint density at radius 1 is 0.974 bits per heavy atom. The molecule has 0 radical (unpaired) electrons. The number of hydrogen-bond donors (Lipinski definition) is 1. The van der Waals surface area contributed by atoms with Crippen LogP contribution in [-0.2, 0) is 9.47 Å². The molecule has 10 heteroatoms. The van der Waals surface area contributed by atoms with Crippen molar-refractivity contribution < 1.29 is 14.2 Å². The Bertz CT molecular complexity index is 1430. The topological polar surface area (TPSA) is 95.7 Å². The normalized spacial score (nSPS) is 21.7. The van der Waals surface area contributed by atoms with Gasteiger partial charge in [0, 0.05) is 41.8 Å². The van der Waals surface area contributed by atoms with Crippen molar-refractivity contribution in [1.29, 1.82) is 0 Å². The van der Waals surface area contributed by atoms with Gasteiger partial charge in [-0.3, -0.25) is 0 Å². The van der Waals surface area contributed by atoms with Crippen LogP contribution in [0.25, 0.3) is 16.6 Å². The third-order valence-electron chi connectivity index (χ3n) is 7.25. The Labute approximate surface area is 232 Å². The fraction of sp³-hybridized carbons (Fsp3) is 0.448. The lowest BCUT2D eigenvalue weighted by atomic mass is 9.94. The minimum atomic E-state index is -0.0498. The molecule has 6 rings (SSSR count). The summed E-state index contributed by atoms with van der Waals surface area (Å²) < 4.78 is 20.4. The Morgan fingerprint density at radius 3 is 2.62 bits per heavy atom. The van der Waals surface area contributed by atoms with Crippen molar-refractivity contribution in [3.63, 3.8) is 0 Å². The number of halogens is 1. The van der Waals surface area contributed by atoms with E-state index in [0.29, 0.717) is 28.4 Å². The molecule has 1 aliphatic heterocycles. The molecule has 204 valence electrons. The molecule has 0 amide bonds. The van der Waals surface area contributed by atoms with Crippen LogP contribution in [0.1, 0.15) is 56.5 Å². The number of aryl methyl sites for hydroxylation is 2. The number of rotatable bonds is 7. The highest BCUT2D eigenvalue weighted by molar-refractivity contribution is 6.29. The summed E-state index contributed by atoms with van der Waals surface area (Å²) in [7, 11) is 0. The molecule has 1 aliphatic carbocycles. The molecule has 0 bridgehead atoms. The number of ether oxygens (including phenoxy) is 3. The average Bonchev–Trinajstić information content (AvgIpc) is 3.33. The number of aromatic nitrogens is 5. The smallest absolute Gasteiger partial charge is 0.157 e. The maximum atomic E-state index is 6.54. The van der Waals surface area contributed by atoms with E-state index >= 15 is 0 Å². The van der Waals surface area contributed by atoms with E-state index in [-0.39, 0.29) is 18.5 Å². The summed E-state index contributed by atoms with van der Waals surface area (Å²) >= 11 is 6.37. The van der Waals surface area contributed by atoms with Crippen LogP contribution in [0.4, 0.5) is 11.6 Å². The van der Waals surface area contributed by atoms with Gasteiger partial charge in [0.1, 0.15) is 22.5 Å². The number of pyridine rings is 2. The largest absolute Gasteiger partial charge is 0.488 e. The van der Waals surface area contributed by atoms with Crippen LogP contribution in [0.5, 0.6) is 5.75 Å². The Balaban J connectivity index is 1.20. The van der Waals surface area contributed by atoms with Gasteiger partial charge in [0.05, 0.1) is 23.9 Å². The van der Waals surface area contributed by atoms with Crippen molar-refractivity contribution in [3.05, 3.63) is 59.4 Å². The van der Waals surface area contributed by atoms with Crippen LogP contribution >= 0.6 is 11.6 Å². The van der Waals surface area contributed by atoms with E-state index in [1.807, 2.05) is 54.9 Å². The first kappa shape index (κ1) is 26.0. The van der Waals surface area contributed by atoms with Crippen molar-refractivity contribution in [2.75, 3.05) is 11.9 Å².